The summed E-state index contributed by atoms with van der Waals surface area (Å²) in [5.41, 5.74) is 5.92. The number of ether oxygens (including phenoxy) is 1. The van der Waals surface area contributed by atoms with Crippen molar-refractivity contribution in [1.29, 1.82) is 0 Å². The first kappa shape index (κ1) is 14.0. The van der Waals surface area contributed by atoms with E-state index in [0.717, 1.165) is 0 Å². The third kappa shape index (κ3) is 2.43. The van der Waals surface area contributed by atoms with E-state index in [1.54, 1.807) is 13.0 Å². The quantitative estimate of drug-likeness (QED) is 0.796. The number of nitrogen functional groups attached to an aromatic ring is 1. The van der Waals surface area contributed by atoms with Gasteiger partial charge in [-0.15, -0.1) is 12.4 Å². The van der Waals surface area contributed by atoms with E-state index < -0.39 is 11.5 Å². The predicted molar refractivity (Wildman–Crippen MR) is 70.0 cm³/mol. The molecule has 0 amide bonds. The number of hydrogen-bond acceptors (Lipinski definition) is 5. The zero-order valence-electron chi connectivity index (χ0n) is 9.60. The standard InChI is InChI=1S/C11H11N3O3.ClH/c1-2-17-11(16)7-5-6-8(12)3-4-13-9(6)14-10(7)15;/h3-5H,2H2,1H3,(H3,12,13,14,15);1H. The Morgan fingerprint density at radius 1 is 1.56 bits per heavy atom. The van der Waals surface area contributed by atoms with E-state index in [1.807, 2.05) is 0 Å². The monoisotopic (exact) mass is 269 g/mol. The van der Waals surface area contributed by atoms with Gasteiger partial charge in [-0.25, -0.2) is 9.78 Å². The topological polar surface area (TPSA) is 98.1 Å². The van der Waals surface area contributed by atoms with Gasteiger partial charge < -0.3 is 15.5 Å². The van der Waals surface area contributed by atoms with Crippen molar-refractivity contribution in [2.45, 2.75) is 6.92 Å². The number of nitrogens with two attached hydrogens (primary N) is 1. The Hall–Kier alpha value is -2.08. The largest absolute Gasteiger partial charge is 0.462 e. The molecule has 0 aliphatic rings. The summed E-state index contributed by atoms with van der Waals surface area (Å²) in [5.74, 6) is -0.668. The van der Waals surface area contributed by atoms with E-state index in [-0.39, 0.29) is 24.6 Å². The molecule has 18 heavy (non-hydrogen) atoms. The van der Waals surface area contributed by atoms with E-state index >= 15 is 0 Å². The number of hydrogen-bond donors (Lipinski definition) is 2. The van der Waals surface area contributed by atoms with Crippen molar-refractivity contribution in [3.05, 3.63) is 34.2 Å². The number of halogens is 1. The van der Waals surface area contributed by atoms with Crippen LogP contribution in [0.25, 0.3) is 11.0 Å². The van der Waals surface area contributed by atoms with Crippen molar-refractivity contribution in [2.24, 2.45) is 0 Å². The fraction of sp³-hybridized carbons (Fsp3) is 0.182. The Morgan fingerprint density at radius 2 is 2.28 bits per heavy atom. The number of anilines is 1. The molecule has 0 fully saturated rings. The second kappa shape index (κ2) is 5.50. The number of nitrogens with zero attached hydrogens (tertiary/aromatic N) is 1. The first-order valence-corrected chi connectivity index (χ1v) is 5.08. The molecule has 0 aliphatic carbocycles. The van der Waals surface area contributed by atoms with Gasteiger partial charge in [0.15, 0.2) is 0 Å². The van der Waals surface area contributed by atoms with Crippen LogP contribution < -0.4 is 11.3 Å². The number of nitrogens with one attached hydrogen (secondary N) is 1. The first-order valence-electron chi connectivity index (χ1n) is 5.08. The van der Waals surface area contributed by atoms with Gasteiger partial charge >= 0.3 is 5.97 Å². The van der Waals surface area contributed by atoms with E-state index in [4.69, 9.17) is 10.5 Å². The van der Waals surface area contributed by atoms with Gasteiger partial charge in [-0.3, -0.25) is 4.79 Å². The zero-order chi connectivity index (χ0) is 12.4. The third-order valence-electron chi connectivity index (χ3n) is 2.28. The van der Waals surface area contributed by atoms with Crippen molar-refractivity contribution in [2.75, 3.05) is 12.3 Å². The second-order valence-corrected chi connectivity index (χ2v) is 3.40. The van der Waals surface area contributed by atoms with Gasteiger partial charge in [0, 0.05) is 17.3 Å². The highest BCUT2D eigenvalue weighted by Crippen LogP contribution is 2.16. The lowest BCUT2D eigenvalue weighted by Gasteiger charge is -2.04. The smallest absolute Gasteiger partial charge is 0.343 e. The minimum Gasteiger partial charge on any atom is -0.462 e. The van der Waals surface area contributed by atoms with Crippen molar-refractivity contribution < 1.29 is 9.53 Å². The molecular formula is C11H12ClN3O3. The van der Waals surface area contributed by atoms with Crippen LogP contribution in [0.15, 0.2) is 23.1 Å². The van der Waals surface area contributed by atoms with E-state index in [9.17, 15) is 9.59 Å². The Bertz CT molecular complexity index is 639. The molecule has 2 aromatic rings. The highest BCUT2D eigenvalue weighted by atomic mass is 35.5. The Kier molecular flexibility index (Phi) is 4.28. The van der Waals surface area contributed by atoms with Crippen molar-refractivity contribution >= 4 is 35.1 Å². The molecule has 96 valence electrons. The van der Waals surface area contributed by atoms with Crippen LogP contribution in [0.3, 0.4) is 0 Å². The molecule has 6 nitrogen and oxygen atoms in total. The number of aromatic nitrogens is 2. The van der Waals surface area contributed by atoms with E-state index in [0.29, 0.717) is 16.7 Å². The zero-order valence-corrected chi connectivity index (χ0v) is 10.4. The average Bonchev–Trinajstić information content (AvgIpc) is 2.29. The number of fused-ring (bicyclic) bond motifs is 1. The molecule has 2 rings (SSSR count). The fourth-order valence-electron chi connectivity index (χ4n) is 1.48. The van der Waals surface area contributed by atoms with Gasteiger partial charge in [-0.2, -0.15) is 0 Å². The molecule has 0 bridgehead atoms. The maximum atomic E-state index is 11.6. The van der Waals surface area contributed by atoms with Crippen LogP contribution >= 0.6 is 12.4 Å². The number of carbonyl (C=O) groups excluding carboxylic acids is 1. The molecule has 0 unspecified atom stereocenters. The molecule has 2 heterocycles. The van der Waals surface area contributed by atoms with Crippen molar-refractivity contribution in [3.8, 4) is 0 Å². The fourth-order valence-corrected chi connectivity index (χ4v) is 1.48. The van der Waals surface area contributed by atoms with Gasteiger partial charge in [0.25, 0.3) is 5.56 Å². The number of pyridine rings is 2. The first-order chi connectivity index (χ1) is 8.13. The highest BCUT2D eigenvalue weighted by molar-refractivity contribution is 5.96. The minimum absolute atomic E-state index is 0. The van der Waals surface area contributed by atoms with Crippen molar-refractivity contribution in [1.82, 2.24) is 9.97 Å². The molecule has 0 spiro atoms. The van der Waals surface area contributed by atoms with Crippen LogP contribution in [0, 0.1) is 0 Å². The number of carbonyl (C=O) groups is 1. The van der Waals surface area contributed by atoms with Crippen LogP contribution in [0.2, 0.25) is 0 Å². The number of H-pyrrole nitrogens is 1. The molecular weight excluding hydrogens is 258 g/mol. The lowest BCUT2D eigenvalue weighted by atomic mass is 10.2. The summed E-state index contributed by atoms with van der Waals surface area (Å²) < 4.78 is 4.78. The van der Waals surface area contributed by atoms with Crippen LogP contribution in [-0.2, 0) is 4.74 Å². The molecule has 0 radical (unpaired) electrons. The molecule has 0 atom stereocenters. The van der Waals surface area contributed by atoms with Gasteiger partial charge in [-0.1, -0.05) is 0 Å². The third-order valence-corrected chi connectivity index (χ3v) is 2.28. The van der Waals surface area contributed by atoms with E-state index in [2.05, 4.69) is 9.97 Å². The van der Waals surface area contributed by atoms with Gasteiger partial charge in [0.1, 0.15) is 11.2 Å². The number of esters is 1. The summed E-state index contributed by atoms with van der Waals surface area (Å²) >= 11 is 0. The van der Waals surface area contributed by atoms with Crippen LogP contribution in [0.4, 0.5) is 5.69 Å². The lowest BCUT2D eigenvalue weighted by molar-refractivity contribution is 0.0524. The summed E-state index contributed by atoms with van der Waals surface area (Å²) in [6.07, 6.45) is 1.48. The molecule has 0 aromatic carbocycles. The summed E-state index contributed by atoms with van der Waals surface area (Å²) in [4.78, 5) is 29.6. The number of rotatable bonds is 2. The van der Waals surface area contributed by atoms with E-state index in [1.165, 1.54) is 12.3 Å². The van der Waals surface area contributed by atoms with Gasteiger partial charge in [0.05, 0.1) is 6.61 Å². The SMILES string of the molecule is CCOC(=O)c1cc2c(N)ccnc2[nH]c1=O.Cl. The summed E-state index contributed by atoms with van der Waals surface area (Å²) in [6.45, 7) is 1.88. The lowest BCUT2D eigenvalue weighted by Crippen LogP contribution is -2.20. The van der Waals surface area contributed by atoms with Crippen LogP contribution in [-0.4, -0.2) is 22.5 Å². The average molecular weight is 270 g/mol. The summed E-state index contributed by atoms with van der Waals surface area (Å²) in [6, 6.07) is 2.99. The molecule has 3 N–H and O–H groups in total. The van der Waals surface area contributed by atoms with Crippen LogP contribution in [0.1, 0.15) is 17.3 Å². The minimum atomic E-state index is -0.668. The van der Waals surface area contributed by atoms with Gasteiger partial charge in [0.2, 0.25) is 0 Å². The molecule has 2 aromatic heterocycles. The van der Waals surface area contributed by atoms with Gasteiger partial charge in [-0.05, 0) is 19.1 Å². The molecule has 0 saturated heterocycles. The molecule has 0 aliphatic heterocycles. The van der Waals surface area contributed by atoms with Crippen molar-refractivity contribution in [3.63, 3.8) is 0 Å². The highest BCUT2D eigenvalue weighted by Gasteiger charge is 2.13. The summed E-state index contributed by atoms with van der Waals surface area (Å²) in [5, 5.41) is 0.523. The maximum absolute atomic E-state index is 11.6. The normalized spacial score (nSPS) is 9.83. The second-order valence-electron chi connectivity index (χ2n) is 3.40. The van der Waals surface area contributed by atoms with Crippen LogP contribution in [0.5, 0.6) is 0 Å². The summed E-state index contributed by atoms with van der Waals surface area (Å²) in [7, 11) is 0. The predicted octanol–water partition coefficient (Wildman–Crippen LogP) is 1.10. The Morgan fingerprint density at radius 3 is 2.94 bits per heavy atom. The maximum Gasteiger partial charge on any atom is 0.343 e. The Balaban J connectivity index is 0.00000162. The molecule has 7 heteroatoms. The Labute approximate surface area is 109 Å². The molecule has 0 saturated carbocycles. The number of aromatic amines is 1.